The third-order valence-electron chi connectivity index (χ3n) is 21.2. The van der Waals surface area contributed by atoms with Crippen LogP contribution in [-0.4, -0.2) is 269 Å². The predicted molar refractivity (Wildman–Crippen MR) is 365 cm³/mol. The van der Waals surface area contributed by atoms with Gasteiger partial charge in [-0.2, -0.15) is 13.5 Å². The van der Waals surface area contributed by atoms with Crippen LogP contribution in [0.15, 0.2) is 48.7 Å². The molecule has 13 atom stereocenters. The summed E-state index contributed by atoms with van der Waals surface area (Å²) >= 11 is 1.53. The molecule has 2 saturated carbocycles. The van der Waals surface area contributed by atoms with E-state index < -0.39 is 194 Å². The van der Waals surface area contributed by atoms with E-state index in [4.69, 9.17) is 14.8 Å². The number of hydrogen-bond donors (Lipinski definition) is 16. The number of imidazole rings is 1. The number of aromatic hydroxyl groups is 1. The fraction of sp³-hybridized carbons (Fsp3) is 0.672. The highest BCUT2D eigenvalue weighted by Gasteiger charge is 2.50. The molecule has 0 bridgehead atoms. The number of carbonyl (C=O) groups is 6. The van der Waals surface area contributed by atoms with Crippen molar-refractivity contribution >= 4 is 67.8 Å². The summed E-state index contributed by atoms with van der Waals surface area (Å²) in [6, 6.07) is -0.276. The zero-order valence-electron chi connectivity index (χ0n) is 57.0. The maximum atomic E-state index is 15.0. The summed E-state index contributed by atoms with van der Waals surface area (Å²) in [5.74, 6) is -8.41. The number of β-amino-alcohol motifs (C(OH)–C–C–N with tert-alkyl or cyclic N) is 1. The number of benzene rings is 2. The van der Waals surface area contributed by atoms with Crippen LogP contribution in [0.4, 0.5) is 5.69 Å². The number of fused-ring (bicyclic) bond motifs is 3. The van der Waals surface area contributed by atoms with Gasteiger partial charge in [-0.15, -0.1) is 0 Å². The Labute approximate surface area is 589 Å². The van der Waals surface area contributed by atoms with Gasteiger partial charge in [0, 0.05) is 75.8 Å². The quantitative estimate of drug-likeness (QED) is 0.0415. The second-order valence-corrected chi connectivity index (χ2v) is 30.2. The van der Waals surface area contributed by atoms with Crippen molar-refractivity contribution in [2.45, 2.75) is 201 Å². The molecule has 16 N–H and O–H groups in total. The van der Waals surface area contributed by atoms with E-state index in [1.807, 2.05) is 17.8 Å². The number of piperidine rings is 1. The van der Waals surface area contributed by atoms with Gasteiger partial charge in [0.1, 0.15) is 35.2 Å². The van der Waals surface area contributed by atoms with Crippen molar-refractivity contribution in [1.29, 1.82) is 0 Å². The number of amides is 6. The largest absolute Gasteiger partial charge is 0.504 e. The highest BCUT2D eigenvalue weighted by molar-refractivity contribution is 7.81. The molecule has 32 nitrogen and oxygen atoms in total. The third kappa shape index (κ3) is 18.6. The second kappa shape index (κ2) is 33.8. The van der Waals surface area contributed by atoms with Crippen molar-refractivity contribution in [2.75, 3.05) is 71.0 Å². The van der Waals surface area contributed by atoms with Gasteiger partial charge in [-0.25, -0.2) is 9.50 Å². The number of hydrogen-bond acceptors (Lipinski definition) is 25. The molecule has 6 heterocycles. The van der Waals surface area contributed by atoms with E-state index in [2.05, 4.69) is 65.2 Å². The Bertz CT molecular complexity index is 3590. The monoisotopic (exact) mass is 1450 g/mol. The first-order chi connectivity index (χ1) is 48.2. The molecule has 101 heavy (non-hydrogen) atoms. The number of anilines is 1. The van der Waals surface area contributed by atoms with E-state index in [0.29, 0.717) is 18.8 Å². The van der Waals surface area contributed by atoms with E-state index in [1.165, 1.54) is 63.0 Å². The molecule has 4 aromatic rings. The highest BCUT2D eigenvalue weighted by Crippen LogP contribution is 2.43. The van der Waals surface area contributed by atoms with Crippen LogP contribution in [-0.2, 0) is 50.3 Å². The van der Waals surface area contributed by atoms with Gasteiger partial charge in [0.2, 0.25) is 40.4 Å². The first-order valence-electron chi connectivity index (χ1n) is 35.0. The molecule has 4 saturated heterocycles. The number of carbonyl (C=O) groups excluding carboxylic acids is 6. The molecule has 4 aliphatic heterocycles. The number of rotatable bonds is 21. The summed E-state index contributed by atoms with van der Waals surface area (Å²) in [6.07, 6.45) is 0.985. The minimum atomic E-state index is -5.22. The normalized spacial score (nSPS) is 28.9. The average Bonchev–Trinajstić information content (AvgIpc) is 1.71. The summed E-state index contributed by atoms with van der Waals surface area (Å²) in [6.45, 7) is 2.08. The van der Waals surface area contributed by atoms with Crippen LogP contribution in [0.3, 0.4) is 0 Å². The Kier molecular flexibility index (Phi) is 25.7. The molecule has 6 aliphatic rings. The topological polar surface area (TPSA) is 469 Å². The number of methoxy groups -OCH3 is 1. The molecule has 34 heteroatoms. The van der Waals surface area contributed by atoms with Crippen LogP contribution in [0, 0.1) is 17.8 Å². The standard InChI is InChI=1S/C67H98N12O20S2/c1-36-31-78-57(58(36)88)62(92)70-30-45(83)27-47(69-29-38-9-12-41(13-10-38)63-75-79-33-48(71-66(79)100-63)40-14-16-44(17-15-40)76-23-20-67(98-3,21-24-76)42-7-5-4-6-8-42)59(89)72-54(37(2)82)64(93)77-32-46(84)28-49(77)60(90)73-55(52(87)25-39-11-18-50(85)53(26-39)99-101(95,96)97)61(91)74-56(65(78)94)51(86)19-22-68-43(34-80)35-81/h11,14-18,26,33,36-38,41-43,45-47,49,51-52,54-58,68-69,80-88H,4-10,12-13,19-25,27-32,34-35H2,1-3H3,(H,70,92)(H,72,89)(H,73,90)(H,74,91)(H,95,96,97)/t36-,37+,38?,41?,45+,46+,47?,49-,51+,52+,54?,55-,56-,57-,58-/m0/s1. The molecule has 2 unspecified atom stereocenters. The van der Waals surface area contributed by atoms with Crippen molar-refractivity contribution in [2.24, 2.45) is 17.8 Å². The number of phenols is 1. The second-order valence-electron chi connectivity index (χ2n) is 28.2. The van der Waals surface area contributed by atoms with Gasteiger partial charge in [0.05, 0.1) is 79.4 Å². The van der Waals surface area contributed by atoms with Gasteiger partial charge in [0.15, 0.2) is 11.5 Å². The van der Waals surface area contributed by atoms with E-state index in [0.717, 1.165) is 88.0 Å². The number of ether oxygens (including phenoxy) is 1. The van der Waals surface area contributed by atoms with Crippen molar-refractivity contribution in [3.63, 3.8) is 0 Å². The summed E-state index contributed by atoms with van der Waals surface area (Å²) in [4.78, 5) is 98.3. The van der Waals surface area contributed by atoms with E-state index in [-0.39, 0.29) is 42.6 Å². The zero-order chi connectivity index (χ0) is 72.6. The van der Waals surface area contributed by atoms with Crippen LogP contribution >= 0.6 is 11.3 Å². The lowest BCUT2D eigenvalue weighted by atomic mass is 9.72. The number of aliphatic hydroxyl groups excluding tert-OH is 8. The van der Waals surface area contributed by atoms with Crippen molar-refractivity contribution in [1.82, 2.24) is 56.3 Å². The molecular formula is C67H98N12O20S2. The lowest BCUT2D eigenvalue weighted by Crippen LogP contribution is -2.64. The maximum Gasteiger partial charge on any atom is 0.446 e. The molecule has 0 radical (unpaired) electrons. The van der Waals surface area contributed by atoms with Gasteiger partial charge in [-0.1, -0.05) is 55.7 Å². The Morgan fingerprint density at radius 3 is 2.11 bits per heavy atom. The molecular weight excluding hydrogens is 1360 g/mol. The Morgan fingerprint density at radius 1 is 0.782 bits per heavy atom. The first-order valence-corrected chi connectivity index (χ1v) is 37.2. The predicted octanol–water partition coefficient (Wildman–Crippen LogP) is -1.67. The minimum absolute atomic E-state index is 0.00379. The van der Waals surface area contributed by atoms with Crippen LogP contribution in [0.2, 0.25) is 0 Å². The molecule has 0 spiro atoms. The summed E-state index contributed by atoms with van der Waals surface area (Å²) in [5.41, 5.74) is 2.84. The summed E-state index contributed by atoms with van der Waals surface area (Å²) in [7, 11) is -3.34. The van der Waals surface area contributed by atoms with Crippen molar-refractivity contribution in [3.05, 3.63) is 59.2 Å². The number of phenolic OH excluding ortho intramolecular Hbond substituents is 1. The maximum absolute atomic E-state index is 15.0. The smallest absolute Gasteiger partial charge is 0.446 e. The summed E-state index contributed by atoms with van der Waals surface area (Å²) in [5, 5.41) is 121. The lowest BCUT2D eigenvalue weighted by molar-refractivity contribution is -0.147. The van der Waals surface area contributed by atoms with E-state index >= 15 is 4.79 Å². The zero-order valence-corrected chi connectivity index (χ0v) is 58.6. The Balaban J connectivity index is 0.853. The first kappa shape index (κ1) is 76.9. The number of nitrogens with one attached hydrogen (secondary N) is 6. The fourth-order valence-electron chi connectivity index (χ4n) is 15.3. The number of aromatic nitrogens is 3. The van der Waals surface area contributed by atoms with Crippen LogP contribution < -0.4 is 41.0 Å². The van der Waals surface area contributed by atoms with E-state index in [1.54, 1.807) is 0 Å². The van der Waals surface area contributed by atoms with Crippen molar-refractivity contribution < 1.29 is 96.6 Å². The van der Waals surface area contributed by atoms with Gasteiger partial charge < -0.3 is 101 Å². The third-order valence-corrected chi connectivity index (χ3v) is 22.7. The fourth-order valence-corrected chi connectivity index (χ4v) is 16.7. The average molecular weight is 1460 g/mol. The molecule has 10 rings (SSSR count). The summed E-state index contributed by atoms with van der Waals surface area (Å²) < 4.78 is 45.2. The molecule has 6 amide bonds. The van der Waals surface area contributed by atoms with Crippen LogP contribution in [0.25, 0.3) is 16.2 Å². The van der Waals surface area contributed by atoms with Gasteiger partial charge >= 0.3 is 10.4 Å². The molecule has 6 fully saturated rings. The van der Waals surface area contributed by atoms with Gasteiger partial charge in [0.25, 0.3) is 0 Å². The van der Waals surface area contributed by atoms with Gasteiger partial charge in [-0.3, -0.25) is 33.3 Å². The molecule has 2 aliphatic carbocycles. The highest BCUT2D eigenvalue weighted by atomic mass is 32.3. The van der Waals surface area contributed by atoms with Crippen molar-refractivity contribution in [3.8, 4) is 22.8 Å². The Morgan fingerprint density at radius 2 is 1.46 bits per heavy atom. The SMILES string of the molecule is COC1(C2CCCCC2)CCN(c2ccc(-c3cn4nc(C5CCC(CNC6C[C@@H](O)CNC(=O)[C@@H]7[C@@H](O)[C@@H](C)CN7C(=O)[C@H]([C@H](O)CCNC(CO)CO)NC(=O)[C@H]([C@H](O)Cc7ccc(O)c(OS(=O)(=O)O)c7)NC(=O)[C@@H]7C[C@@H](O)CN7C(=O)C([C@@H](C)O)NC6=O)CC5)sc4n3)cc2)CC1. The molecule has 2 aromatic carbocycles. The molecule has 558 valence electrons. The lowest BCUT2D eigenvalue weighted by Gasteiger charge is -2.47. The number of nitrogens with zero attached hydrogens (tertiary/aromatic N) is 6. The van der Waals surface area contributed by atoms with Gasteiger partial charge in [-0.05, 0) is 126 Å². The van der Waals surface area contributed by atoms with E-state index in [9.17, 15) is 82.9 Å². The Hall–Kier alpha value is -6.77. The van der Waals surface area contributed by atoms with Crippen LogP contribution in [0.5, 0.6) is 11.5 Å². The number of aliphatic hydroxyl groups is 8. The van der Waals surface area contributed by atoms with Crippen LogP contribution in [0.1, 0.15) is 120 Å². The molecule has 2 aromatic heterocycles. The minimum Gasteiger partial charge on any atom is -0.504 e.